The molecule has 1 aliphatic carbocycles. The summed E-state index contributed by atoms with van der Waals surface area (Å²) in [6.45, 7) is 1.05. The highest BCUT2D eigenvalue weighted by Gasteiger charge is 2.23. The summed E-state index contributed by atoms with van der Waals surface area (Å²) in [7, 11) is 1.68. The summed E-state index contributed by atoms with van der Waals surface area (Å²) in [6, 6.07) is 16.3. The van der Waals surface area contributed by atoms with Crippen LogP contribution < -0.4 is 10.6 Å². The van der Waals surface area contributed by atoms with Crippen molar-refractivity contribution in [1.29, 1.82) is 0 Å². The predicted octanol–water partition coefficient (Wildman–Crippen LogP) is 3.32. The fourth-order valence-corrected chi connectivity index (χ4v) is 3.12. The van der Waals surface area contributed by atoms with E-state index in [-0.39, 0.29) is 12.1 Å². The monoisotopic (exact) mass is 310 g/mol. The molecule has 0 spiro atoms. The first-order chi connectivity index (χ1) is 11.3. The molecule has 0 aliphatic heterocycles. The van der Waals surface area contributed by atoms with Gasteiger partial charge in [-0.05, 0) is 35.1 Å². The lowest BCUT2D eigenvalue weighted by molar-refractivity contribution is 0.184. The van der Waals surface area contributed by atoms with Crippen LogP contribution in [0.5, 0.6) is 0 Å². The normalized spacial score (nSPS) is 16.0. The number of carbonyl (C=O) groups excluding carboxylic acids is 1. The maximum Gasteiger partial charge on any atom is 0.315 e. The fourth-order valence-electron chi connectivity index (χ4n) is 3.12. The minimum absolute atomic E-state index is 0.111. The van der Waals surface area contributed by atoms with Gasteiger partial charge in [-0.15, -0.1) is 0 Å². The van der Waals surface area contributed by atoms with Crippen molar-refractivity contribution >= 4 is 6.03 Å². The smallest absolute Gasteiger partial charge is 0.315 e. The Hall–Kier alpha value is -2.33. The Balaban J connectivity index is 1.57. The summed E-state index contributed by atoms with van der Waals surface area (Å²) in [5.41, 5.74) is 4.75. The second kappa shape index (κ2) is 7.29. The minimum Gasteiger partial charge on any atom is -0.380 e. The van der Waals surface area contributed by atoms with E-state index in [1.54, 1.807) is 7.11 Å². The van der Waals surface area contributed by atoms with Crippen LogP contribution in [-0.2, 0) is 24.3 Å². The first-order valence-electron chi connectivity index (χ1n) is 7.96. The number of fused-ring (bicyclic) bond motifs is 1. The maximum absolute atomic E-state index is 12.2. The van der Waals surface area contributed by atoms with E-state index in [2.05, 4.69) is 22.8 Å². The van der Waals surface area contributed by atoms with Gasteiger partial charge in [-0.25, -0.2) is 4.79 Å². The Morgan fingerprint density at radius 1 is 1.13 bits per heavy atom. The van der Waals surface area contributed by atoms with Crippen molar-refractivity contribution in [3.8, 4) is 0 Å². The molecular weight excluding hydrogens is 288 g/mol. The van der Waals surface area contributed by atoms with Crippen molar-refractivity contribution in [3.05, 3.63) is 70.8 Å². The molecule has 0 fully saturated rings. The molecule has 2 amide bonds. The molecule has 0 saturated heterocycles. The summed E-state index contributed by atoms with van der Waals surface area (Å²) < 4.78 is 5.19. The summed E-state index contributed by atoms with van der Waals surface area (Å²) in [4.78, 5) is 12.2. The average Bonchev–Trinajstić information content (AvgIpc) is 2.98. The number of carbonyl (C=O) groups is 1. The van der Waals surface area contributed by atoms with Crippen molar-refractivity contribution in [2.24, 2.45) is 0 Å². The molecule has 1 atom stereocenters. The predicted molar refractivity (Wildman–Crippen MR) is 90.0 cm³/mol. The number of benzene rings is 2. The minimum atomic E-state index is -0.126. The maximum atomic E-state index is 12.2. The Kier molecular flexibility index (Phi) is 4.93. The Bertz CT molecular complexity index is 685. The summed E-state index contributed by atoms with van der Waals surface area (Å²) in [6.07, 6.45) is 1.99. The highest BCUT2D eigenvalue weighted by Crippen LogP contribution is 2.30. The number of hydrogen-bond acceptors (Lipinski definition) is 2. The van der Waals surface area contributed by atoms with Crippen molar-refractivity contribution < 1.29 is 9.53 Å². The number of hydrogen-bond donors (Lipinski definition) is 2. The molecule has 4 nitrogen and oxygen atoms in total. The van der Waals surface area contributed by atoms with E-state index < -0.39 is 0 Å². The highest BCUT2D eigenvalue weighted by molar-refractivity contribution is 5.74. The number of nitrogens with one attached hydrogen (secondary N) is 2. The first kappa shape index (κ1) is 15.6. The number of ether oxygens (including phenoxy) is 1. The van der Waals surface area contributed by atoms with Gasteiger partial charge >= 0.3 is 6.03 Å². The number of amides is 2. The largest absolute Gasteiger partial charge is 0.380 e. The number of aryl methyl sites for hydroxylation is 1. The first-order valence-corrected chi connectivity index (χ1v) is 7.96. The lowest BCUT2D eigenvalue weighted by Crippen LogP contribution is -2.37. The van der Waals surface area contributed by atoms with Crippen LogP contribution in [0.2, 0.25) is 0 Å². The molecule has 0 radical (unpaired) electrons. The molecule has 23 heavy (non-hydrogen) atoms. The van der Waals surface area contributed by atoms with Gasteiger partial charge in [0.15, 0.2) is 0 Å². The number of urea groups is 1. The summed E-state index contributed by atoms with van der Waals surface area (Å²) in [5, 5.41) is 6.03. The van der Waals surface area contributed by atoms with Crippen LogP contribution in [0.1, 0.15) is 34.7 Å². The van der Waals surface area contributed by atoms with Crippen LogP contribution in [0.3, 0.4) is 0 Å². The average molecular weight is 310 g/mol. The second-order valence-electron chi connectivity index (χ2n) is 5.82. The second-order valence-corrected chi connectivity index (χ2v) is 5.82. The third kappa shape index (κ3) is 3.71. The molecule has 0 saturated carbocycles. The topological polar surface area (TPSA) is 50.4 Å². The molecule has 0 aromatic heterocycles. The molecule has 2 N–H and O–H groups in total. The van der Waals surface area contributed by atoms with E-state index in [0.717, 1.165) is 24.0 Å². The van der Waals surface area contributed by atoms with Crippen LogP contribution in [-0.4, -0.2) is 13.1 Å². The van der Waals surface area contributed by atoms with Crippen molar-refractivity contribution in [3.63, 3.8) is 0 Å². The van der Waals surface area contributed by atoms with E-state index in [9.17, 15) is 4.79 Å². The molecule has 1 aliphatic rings. The molecular formula is C19H22N2O2. The molecule has 2 aromatic rings. The highest BCUT2D eigenvalue weighted by atomic mass is 16.5. The molecule has 2 aromatic carbocycles. The third-order valence-electron chi connectivity index (χ3n) is 4.30. The van der Waals surface area contributed by atoms with Crippen molar-refractivity contribution in [2.75, 3.05) is 7.11 Å². The van der Waals surface area contributed by atoms with Gasteiger partial charge in [0.2, 0.25) is 0 Å². The van der Waals surface area contributed by atoms with Crippen LogP contribution in [0.25, 0.3) is 0 Å². The zero-order valence-electron chi connectivity index (χ0n) is 13.3. The lowest BCUT2D eigenvalue weighted by Gasteiger charge is -2.16. The van der Waals surface area contributed by atoms with Gasteiger partial charge in [-0.2, -0.15) is 0 Å². The van der Waals surface area contributed by atoms with Gasteiger partial charge in [0.05, 0.1) is 12.6 Å². The quantitative estimate of drug-likeness (QED) is 0.890. The standard InChI is InChI=1S/C19H22N2O2/c1-23-13-16-8-3-2-7-15(16)12-20-19(22)21-18-11-10-14-6-4-5-9-17(14)18/h2-9,18H,10-13H2,1H3,(H2,20,21,22). The third-order valence-corrected chi connectivity index (χ3v) is 4.30. The van der Waals surface area contributed by atoms with E-state index >= 15 is 0 Å². The lowest BCUT2D eigenvalue weighted by atomic mass is 10.1. The van der Waals surface area contributed by atoms with Crippen molar-refractivity contribution in [1.82, 2.24) is 10.6 Å². The van der Waals surface area contributed by atoms with E-state index in [1.165, 1.54) is 11.1 Å². The van der Waals surface area contributed by atoms with Crippen molar-refractivity contribution in [2.45, 2.75) is 32.0 Å². The molecule has 0 heterocycles. The molecule has 3 rings (SSSR count). The number of rotatable bonds is 5. The van der Waals surface area contributed by atoms with Crippen LogP contribution >= 0.6 is 0 Å². The van der Waals surface area contributed by atoms with Crippen LogP contribution in [0.15, 0.2) is 48.5 Å². The van der Waals surface area contributed by atoms with Crippen LogP contribution in [0.4, 0.5) is 4.79 Å². The zero-order valence-corrected chi connectivity index (χ0v) is 13.3. The van der Waals surface area contributed by atoms with Gasteiger partial charge < -0.3 is 15.4 Å². The van der Waals surface area contributed by atoms with Gasteiger partial charge in [0.25, 0.3) is 0 Å². The van der Waals surface area contributed by atoms with E-state index in [0.29, 0.717) is 13.2 Å². The van der Waals surface area contributed by atoms with E-state index in [4.69, 9.17) is 4.74 Å². The fraction of sp³-hybridized carbons (Fsp3) is 0.316. The molecule has 120 valence electrons. The summed E-state index contributed by atoms with van der Waals surface area (Å²) in [5.74, 6) is 0. The molecule has 1 unspecified atom stereocenters. The van der Waals surface area contributed by atoms with Crippen LogP contribution in [0, 0.1) is 0 Å². The Labute approximate surface area is 136 Å². The Morgan fingerprint density at radius 3 is 2.70 bits per heavy atom. The molecule has 4 heteroatoms. The van der Waals surface area contributed by atoms with Gasteiger partial charge in [0, 0.05) is 13.7 Å². The summed E-state index contributed by atoms with van der Waals surface area (Å²) >= 11 is 0. The van der Waals surface area contributed by atoms with Gasteiger partial charge in [0.1, 0.15) is 0 Å². The van der Waals surface area contributed by atoms with Gasteiger partial charge in [-0.3, -0.25) is 0 Å². The zero-order chi connectivity index (χ0) is 16.1. The number of methoxy groups -OCH3 is 1. The van der Waals surface area contributed by atoms with E-state index in [1.807, 2.05) is 36.4 Å². The van der Waals surface area contributed by atoms with Gasteiger partial charge in [-0.1, -0.05) is 48.5 Å². The molecule has 0 bridgehead atoms. The Morgan fingerprint density at radius 2 is 1.87 bits per heavy atom. The SMILES string of the molecule is COCc1ccccc1CNC(=O)NC1CCc2ccccc21.